The molecular weight excluding hydrogens is 182 g/mol. The molecule has 0 spiro atoms. The molecule has 0 unspecified atom stereocenters. The van der Waals surface area contributed by atoms with E-state index in [1.54, 1.807) is 0 Å². The maximum atomic E-state index is 4.42. The third-order valence-corrected chi connectivity index (χ3v) is 2.39. The van der Waals surface area contributed by atoms with Gasteiger partial charge in [-0.15, -0.1) is 0 Å². The van der Waals surface area contributed by atoms with Crippen molar-refractivity contribution in [3.63, 3.8) is 0 Å². The molecular formula is C14H15N. The van der Waals surface area contributed by atoms with Crippen molar-refractivity contribution in [2.75, 3.05) is 0 Å². The van der Waals surface area contributed by atoms with E-state index in [9.17, 15) is 0 Å². The zero-order chi connectivity index (χ0) is 10.5. The summed E-state index contributed by atoms with van der Waals surface area (Å²) in [7, 11) is 0. The molecule has 0 N–H and O–H groups in total. The Morgan fingerprint density at radius 1 is 1.07 bits per heavy atom. The molecule has 0 heterocycles. The van der Waals surface area contributed by atoms with E-state index in [0.717, 1.165) is 18.5 Å². The number of unbranched alkanes of at least 4 members (excludes halogenated alkanes) is 1. The minimum atomic E-state index is 1.04. The summed E-state index contributed by atoms with van der Waals surface area (Å²) in [6.45, 7) is 2.16. The summed E-state index contributed by atoms with van der Waals surface area (Å²) < 4.78 is 0. The van der Waals surface area contributed by atoms with Crippen LogP contribution < -0.4 is 0 Å². The van der Waals surface area contributed by atoms with E-state index in [2.05, 4.69) is 54.4 Å². The predicted octanol–water partition coefficient (Wildman–Crippen LogP) is 4.34. The molecule has 0 amide bonds. The summed E-state index contributed by atoms with van der Waals surface area (Å²) in [5.74, 6) is 0. The average molecular weight is 197 g/mol. The van der Waals surface area contributed by atoms with E-state index in [4.69, 9.17) is 0 Å². The van der Waals surface area contributed by atoms with E-state index in [0.29, 0.717) is 0 Å². The predicted molar refractivity (Wildman–Crippen MR) is 67.0 cm³/mol. The van der Waals surface area contributed by atoms with Gasteiger partial charge in [-0.1, -0.05) is 43.7 Å². The maximum absolute atomic E-state index is 4.42. The van der Waals surface area contributed by atoms with Crippen LogP contribution in [0, 0.1) is 0 Å². The van der Waals surface area contributed by atoms with Crippen molar-refractivity contribution in [2.45, 2.75) is 19.8 Å². The van der Waals surface area contributed by atoms with Crippen molar-refractivity contribution >= 4 is 22.7 Å². The van der Waals surface area contributed by atoms with Gasteiger partial charge in [0.15, 0.2) is 0 Å². The first kappa shape index (κ1) is 9.91. The van der Waals surface area contributed by atoms with Gasteiger partial charge >= 0.3 is 0 Å². The van der Waals surface area contributed by atoms with Gasteiger partial charge in [0.05, 0.1) is 5.69 Å². The maximum Gasteiger partial charge on any atom is 0.0632 e. The first-order valence-corrected chi connectivity index (χ1v) is 5.41. The Bertz CT molecular complexity index is 471. The number of hydrogen-bond acceptors (Lipinski definition) is 1. The molecule has 0 saturated carbocycles. The fourth-order valence-electron chi connectivity index (χ4n) is 1.56. The lowest BCUT2D eigenvalue weighted by molar-refractivity contribution is 1.01. The van der Waals surface area contributed by atoms with E-state index < -0.39 is 0 Å². The molecule has 0 aromatic heterocycles. The number of rotatable bonds is 3. The number of benzene rings is 2. The van der Waals surface area contributed by atoms with Gasteiger partial charge in [0.25, 0.3) is 0 Å². The van der Waals surface area contributed by atoms with Crippen molar-refractivity contribution in [1.82, 2.24) is 0 Å². The summed E-state index contributed by atoms with van der Waals surface area (Å²) in [6, 6.07) is 14.7. The molecule has 2 rings (SSSR count). The van der Waals surface area contributed by atoms with E-state index in [-0.39, 0.29) is 0 Å². The molecule has 0 fully saturated rings. The minimum Gasteiger partial charge on any atom is -0.261 e. The van der Waals surface area contributed by atoms with Crippen LogP contribution in [0.15, 0.2) is 47.5 Å². The van der Waals surface area contributed by atoms with Crippen molar-refractivity contribution in [3.8, 4) is 0 Å². The fourth-order valence-corrected chi connectivity index (χ4v) is 1.56. The Labute approximate surface area is 90.5 Å². The molecule has 2 aromatic carbocycles. The van der Waals surface area contributed by atoms with E-state index in [1.165, 1.54) is 10.8 Å². The number of fused-ring (bicyclic) bond motifs is 1. The van der Waals surface area contributed by atoms with Crippen molar-refractivity contribution in [3.05, 3.63) is 42.5 Å². The van der Waals surface area contributed by atoms with Gasteiger partial charge in [0.1, 0.15) is 0 Å². The molecule has 76 valence electrons. The molecule has 0 aliphatic rings. The summed E-state index contributed by atoms with van der Waals surface area (Å²) in [5, 5.41) is 2.52. The highest BCUT2D eigenvalue weighted by Gasteiger charge is 1.92. The third-order valence-electron chi connectivity index (χ3n) is 2.39. The van der Waals surface area contributed by atoms with Crippen LogP contribution in [0.2, 0.25) is 0 Å². The van der Waals surface area contributed by atoms with Gasteiger partial charge in [0, 0.05) is 6.21 Å². The Morgan fingerprint density at radius 3 is 2.67 bits per heavy atom. The Balaban J connectivity index is 2.30. The highest BCUT2D eigenvalue weighted by atomic mass is 14.7. The van der Waals surface area contributed by atoms with Crippen LogP contribution in [-0.4, -0.2) is 6.21 Å². The standard InChI is InChI=1S/C14H15N/c1-2-3-10-15-14-9-8-12-6-4-5-7-13(12)11-14/h4-11H,2-3H2,1H3. The molecule has 0 aliphatic carbocycles. The van der Waals surface area contributed by atoms with Crippen LogP contribution >= 0.6 is 0 Å². The first-order valence-electron chi connectivity index (χ1n) is 5.41. The van der Waals surface area contributed by atoms with Crippen LogP contribution in [-0.2, 0) is 0 Å². The van der Waals surface area contributed by atoms with Gasteiger partial charge in [-0.25, -0.2) is 0 Å². The number of nitrogens with zero attached hydrogens (tertiary/aromatic N) is 1. The summed E-state index contributed by atoms with van der Waals surface area (Å²) >= 11 is 0. The monoisotopic (exact) mass is 197 g/mol. The van der Waals surface area contributed by atoms with Crippen LogP contribution in [0.4, 0.5) is 5.69 Å². The van der Waals surface area contributed by atoms with Gasteiger partial charge in [0.2, 0.25) is 0 Å². The van der Waals surface area contributed by atoms with Gasteiger partial charge < -0.3 is 0 Å². The second-order valence-corrected chi connectivity index (χ2v) is 3.63. The Kier molecular flexibility index (Phi) is 3.13. The van der Waals surface area contributed by atoms with Crippen LogP contribution in [0.3, 0.4) is 0 Å². The number of aliphatic imine (C=N–C) groups is 1. The first-order chi connectivity index (χ1) is 7.40. The zero-order valence-electron chi connectivity index (χ0n) is 8.98. The van der Waals surface area contributed by atoms with Gasteiger partial charge in [-0.05, 0) is 29.3 Å². The molecule has 0 aliphatic heterocycles. The molecule has 1 heteroatoms. The second-order valence-electron chi connectivity index (χ2n) is 3.63. The van der Waals surface area contributed by atoms with Crippen molar-refractivity contribution < 1.29 is 0 Å². The largest absolute Gasteiger partial charge is 0.261 e. The lowest BCUT2D eigenvalue weighted by Crippen LogP contribution is -1.74. The van der Waals surface area contributed by atoms with Crippen LogP contribution in [0.1, 0.15) is 19.8 Å². The van der Waals surface area contributed by atoms with Crippen molar-refractivity contribution in [1.29, 1.82) is 0 Å². The zero-order valence-corrected chi connectivity index (χ0v) is 8.98. The Morgan fingerprint density at radius 2 is 1.87 bits per heavy atom. The van der Waals surface area contributed by atoms with Crippen molar-refractivity contribution in [2.24, 2.45) is 4.99 Å². The van der Waals surface area contributed by atoms with Crippen LogP contribution in [0.25, 0.3) is 10.8 Å². The second kappa shape index (κ2) is 4.74. The molecule has 2 aromatic rings. The highest BCUT2D eigenvalue weighted by molar-refractivity contribution is 5.85. The third kappa shape index (κ3) is 2.44. The molecule has 0 bridgehead atoms. The lowest BCUT2D eigenvalue weighted by atomic mass is 10.1. The topological polar surface area (TPSA) is 12.4 Å². The summed E-state index contributed by atoms with van der Waals surface area (Å²) in [5.41, 5.74) is 1.04. The Hall–Kier alpha value is -1.63. The molecule has 15 heavy (non-hydrogen) atoms. The quantitative estimate of drug-likeness (QED) is 0.649. The molecule has 0 radical (unpaired) electrons. The van der Waals surface area contributed by atoms with E-state index in [1.807, 2.05) is 6.21 Å². The smallest absolute Gasteiger partial charge is 0.0632 e. The highest BCUT2D eigenvalue weighted by Crippen LogP contribution is 2.20. The van der Waals surface area contributed by atoms with Crippen LogP contribution in [0.5, 0.6) is 0 Å². The molecule has 0 saturated heterocycles. The van der Waals surface area contributed by atoms with Gasteiger partial charge in [-0.3, -0.25) is 4.99 Å². The van der Waals surface area contributed by atoms with Gasteiger partial charge in [-0.2, -0.15) is 0 Å². The number of hydrogen-bond donors (Lipinski definition) is 0. The van der Waals surface area contributed by atoms with E-state index >= 15 is 0 Å². The fraction of sp³-hybridized carbons (Fsp3) is 0.214. The summed E-state index contributed by atoms with van der Waals surface area (Å²) in [6.07, 6.45) is 4.19. The average Bonchev–Trinajstić information content (AvgIpc) is 2.29. The minimum absolute atomic E-state index is 1.04. The summed E-state index contributed by atoms with van der Waals surface area (Å²) in [4.78, 5) is 4.42. The normalized spacial score (nSPS) is 11.3. The molecule has 0 atom stereocenters. The lowest BCUT2D eigenvalue weighted by Gasteiger charge is -1.98. The molecule has 1 nitrogen and oxygen atoms in total. The SMILES string of the molecule is CCCC=Nc1ccc2ccccc2c1.